The zero-order valence-electron chi connectivity index (χ0n) is 18.6. The smallest absolute Gasteiger partial charge is 0.308 e. The van der Waals surface area contributed by atoms with Crippen LogP contribution in [0, 0.1) is 0 Å². The Balaban J connectivity index is 1.37. The minimum absolute atomic E-state index is 0.221. The third kappa shape index (κ3) is 6.45. The van der Waals surface area contributed by atoms with E-state index in [1.165, 1.54) is 29.1 Å². The zero-order valence-corrected chi connectivity index (χ0v) is 21.0. The van der Waals surface area contributed by atoms with Crippen LogP contribution in [0.1, 0.15) is 16.3 Å². The van der Waals surface area contributed by atoms with Crippen LogP contribution in [-0.2, 0) is 30.6 Å². The first-order valence-electron chi connectivity index (χ1n) is 10.4. The molecule has 36 heavy (non-hydrogen) atoms. The number of rotatable bonds is 7. The molecule has 1 atom stereocenters. The largest absolute Gasteiger partial charge is 0.435 e. The molecule has 0 aliphatic heterocycles. The maximum absolute atomic E-state index is 12.9. The Hall–Kier alpha value is -3.35. The molecule has 0 aliphatic rings. The van der Waals surface area contributed by atoms with E-state index in [1.807, 2.05) is 6.07 Å². The van der Waals surface area contributed by atoms with Crippen LogP contribution in [0.3, 0.4) is 0 Å². The zero-order chi connectivity index (χ0) is 25.9. The average Bonchev–Trinajstić information content (AvgIpc) is 3.43. The number of alkyl halides is 3. The Bertz CT molecular complexity index is 1410. The lowest BCUT2D eigenvalue weighted by Gasteiger charge is -2.11. The van der Waals surface area contributed by atoms with E-state index in [0.717, 1.165) is 10.9 Å². The van der Waals surface area contributed by atoms with Crippen molar-refractivity contribution in [2.45, 2.75) is 16.8 Å². The first-order chi connectivity index (χ1) is 17.1. The summed E-state index contributed by atoms with van der Waals surface area (Å²) in [6.07, 6.45) is -4.29. The number of nitrogens with zero attached hydrogens (tertiary/aromatic N) is 2. The van der Waals surface area contributed by atoms with Crippen molar-refractivity contribution in [3.05, 3.63) is 88.0 Å². The number of aromatic nitrogens is 2. The molecule has 13 heteroatoms. The van der Waals surface area contributed by atoms with E-state index in [4.69, 9.17) is 11.6 Å². The first-order valence-corrected chi connectivity index (χ1v) is 12.7. The van der Waals surface area contributed by atoms with Gasteiger partial charge in [0.15, 0.2) is 16.7 Å². The molecule has 0 radical (unpaired) electrons. The van der Waals surface area contributed by atoms with Crippen LogP contribution < -0.4 is 15.4 Å². The fourth-order valence-corrected chi connectivity index (χ4v) is 5.55. The fraction of sp³-hybridized carbons (Fsp3) is 0.130. The molecule has 1 unspecified atom stereocenters. The van der Waals surface area contributed by atoms with E-state index in [0.29, 0.717) is 27.0 Å². The van der Waals surface area contributed by atoms with Crippen LogP contribution in [0.2, 0.25) is 5.02 Å². The predicted octanol–water partition coefficient (Wildman–Crippen LogP) is 6.52. The van der Waals surface area contributed by atoms with E-state index in [9.17, 15) is 22.2 Å². The maximum atomic E-state index is 12.9. The summed E-state index contributed by atoms with van der Waals surface area (Å²) in [6.45, 7) is 0. The van der Waals surface area contributed by atoms with Crippen molar-refractivity contribution in [2.75, 3.05) is 15.4 Å². The molecule has 4 aromatic rings. The van der Waals surface area contributed by atoms with Crippen molar-refractivity contribution in [3.63, 3.8) is 0 Å². The monoisotopic (exact) mass is 553 g/mol. The van der Waals surface area contributed by atoms with Gasteiger partial charge in [0.05, 0.1) is 10.7 Å². The highest BCUT2D eigenvalue weighted by Gasteiger charge is 2.34. The second kappa shape index (κ2) is 10.7. The lowest BCUT2D eigenvalue weighted by molar-refractivity contribution is -0.141. The molecular formula is C23H19ClF3N5O2S2. The average molecular weight is 554 g/mol. The molecule has 2 aromatic carbocycles. The number of aryl methyl sites for hydroxylation is 1. The fourth-order valence-electron chi connectivity index (χ4n) is 3.18. The van der Waals surface area contributed by atoms with Gasteiger partial charge >= 0.3 is 12.2 Å². The highest BCUT2D eigenvalue weighted by atomic mass is 35.5. The molecule has 0 spiro atoms. The summed E-state index contributed by atoms with van der Waals surface area (Å²) in [6, 6.07) is 17.5. The van der Waals surface area contributed by atoms with Gasteiger partial charge in [0.1, 0.15) is 4.21 Å². The van der Waals surface area contributed by atoms with Gasteiger partial charge in [0.25, 0.3) is 0 Å². The first kappa shape index (κ1) is 25.7. The van der Waals surface area contributed by atoms with Crippen LogP contribution in [0.15, 0.2) is 70.9 Å². The van der Waals surface area contributed by atoms with E-state index >= 15 is 0 Å². The van der Waals surface area contributed by atoms with E-state index in [2.05, 4.69) is 20.5 Å². The topological polar surface area (TPSA) is 88.1 Å². The van der Waals surface area contributed by atoms with E-state index < -0.39 is 28.9 Å². The van der Waals surface area contributed by atoms with Crippen molar-refractivity contribution < 1.29 is 22.2 Å². The quantitative estimate of drug-likeness (QED) is 0.243. The third-order valence-electron chi connectivity index (χ3n) is 4.90. The second-order valence-corrected chi connectivity index (χ2v) is 10.6. The summed E-state index contributed by atoms with van der Waals surface area (Å²) in [7, 11) is -0.179. The number of hydrogen-bond donors (Lipinski definition) is 3. The van der Waals surface area contributed by atoms with Gasteiger partial charge in [-0.25, -0.2) is 9.00 Å². The van der Waals surface area contributed by atoms with E-state index in [-0.39, 0.29) is 11.4 Å². The highest BCUT2D eigenvalue weighted by Crippen LogP contribution is 2.31. The second-order valence-electron chi connectivity index (χ2n) is 7.55. The normalized spacial score (nSPS) is 12.2. The third-order valence-corrected chi connectivity index (χ3v) is 7.72. The molecule has 2 aromatic heterocycles. The van der Waals surface area contributed by atoms with Crippen molar-refractivity contribution >= 4 is 57.0 Å². The molecule has 0 saturated carbocycles. The number of halogens is 4. The molecule has 3 N–H and O–H groups in total. The number of benzene rings is 2. The van der Waals surface area contributed by atoms with Crippen LogP contribution in [0.5, 0.6) is 0 Å². The van der Waals surface area contributed by atoms with Gasteiger partial charge in [-0.3, -0.25) is 4.68 Å². The summed E-state index contributed by atoms with van der Waals surface area (Å²) in [5.41, 5.74) is 0.896. The summed E-state index contributed by atoms with van der Waals surface area (Å²) in [4.78, 5) is 12.9. The number of amides is 2. The molecule has 2 amide bonds. The van der Waals surface area contributed by atoms with Gasteiger partial charge in [0, 0.05) is 35.4 Å². The van der Waals surface area contributed by atoms with Gasteiger partial charge in [-0.15, -0.1) is 11.3 Å². The minimum atomic E-state index is -4.51. The van der Waals surface area contributed by atoms with E-state index in [1.54, 1.807) is 48.5 Å². The number of nitrogens with one attached hydrogen (secondary N) is 3. The molecule has 0 fully saturated rings. The summed E-state index contributed by atoms with van der Waals surface area (Å²) < 4.78 is 56.0. The van der Waals surface area contributed by atoms with Crippen LogP contribution in [-0.4, -0.2) is 20.0 Å². The van der Waals surface area contributed by atoms with Gasteiger partial charge in [-0.2, -0.15) is 18.3 Å². The molecular weight excluding hydrogens is 535 g/mol. The Morgan fingerprint density at radius 3 is 2.47 bits per heavy atom. The van der Waals surface area contributed by atoms with Gasteiger partial charge in [0.2, 0.25) is 0 Å². The van der Waals surface area contributed by atoms with Crippen LogP contribution in [0.4, 0.5) is 35.0 Å². The van der Waals surface area contributed by atoms with Crippen molar-refractivity contribution in [3.8, 4) is 0 Å². The summed E-state index contributed by atoms with van der Waals surface area (Å²) in [5.74, 6) is 0. The van der Waals surface area contributed by atoms with Crippen LogP contribution >= 0.6 is 22.9 Å². The molecule has 7 nitrogen and oxygen atoms in total. The lowest BCUT2D eigenvalue weighted by Crippen LogP contribution is -2.19. The van der Waals surface area contributed by atoms with Crippen LogP contribution in [0.25, 0.3) is 0 Å². The van der Waals surface area contributed by atoms with Crippen molar-refractivity contribution in [1.82, 2.24) is 9.78 Å². The molecule has 4 rings (SSSR count). The Kier molecular flexibility index (Phi) is 7.67. The molecule has 2 heterocycles. The lowest BCUT2D eigenvalue weighted by atomic mass is 10.2. The van der Waals surface area contributed by atoms with Gasteiger partial charge < -0.3 is 15.4 Å². The Morgan fingerprint density at radius 1 is 1.06 bits per heavy atom. The molecule has 0 bridgehead atoms. The van der Waals surface area contributed by atoms with Gasteiger partial charge in [-0.05, 0) is 48.5 Å². The molecule has 0 saturated heterocycles. The number of urea groups is 1. The highest BCUT2D eigenvalue weighted by molar-refractivity contribution is 7.88. The SMILES string of the molecule is Cn1nc(C(F)(F)F)cc1Cc1ccc(S(=O)Nc2ccc(NC(=O)Nc3ccccc3)c(Cl)c2)s1. The number of thiophene rings is 1. The number of anilines is 3. The Labute approximate surface area is 215 Å². The molecule has 0 aliphatic carbocycles. The standard InChI is InChI=1S/C23H19ClF3N5O2S2/c1-32-16(13-20(30-32)23(25,26)27)12-17-8-10-21(35-17)36(34)31-15-7-9-19(18(24)11-15)29-22(33)28-14-5-3-2-4-6-14/h2-11,13,31H,12H2,1H3,(H2,28,29,33). The predicted molar refractivity (Wildman–Crippen MR) is 136 cm³/mol. The summed E-state index contributed by atoms with van der Waals surface area (Å²) >= 11 is 7.50. The number of hydrogen-bond acceptors (Lipinski definition) is 4. The minimum Gasteiger partial charge on any atom is -0.308 e. The number of carbonyl (C=O) groups excluding carboxylic acids is 1. The van der Waals surface area contributed by atoms with Gasteiger partial charge in [-0.1, -0.05) is 29.8 Å². The Morgan fingerprint density at radius 2 is 1.81 bits per heavy atom. The number of carbonyl (C=O) groups is 1. The maximum Gasteiger partial charge on any atom is 0.435 e. The van der Waals surface area contributed by atoms with Crippen molar-refractivity contribution in [2.24, 2.45) is 7.05 Å². The molecule has 188 valence electrons. The summed E-state index contributed by atoms with van der Waals surface area (Å²) in [5, 5.41) is 9.09. The number of para-hydroxylation sites is 1. The van der Waals surface area contributed by atoms with Crippen molar-refractivity contribution in [1.29, 1.82) is 0 Å².